The number of fused-ring (bicyclic) bond motifs is 1. The molecule has 0 N–H and O–H groups in total. The Bertz CT molecular complexity index is 399. The first kappa shape index (κ1) is 9.31. The van der Waals surface area contributed by atoms with Crippen LogP contribution in [0.1, 0.15) is 41.6 Å². The number of rotatable bonds is 0. The van der Waals surface area contributed by atoms with Crippen molar-refractivity contribution in [2.24, 2.45) is 0 Å². The molecule has 1 aliphatic carbocycles. The quantitative estimate of drug-likeness (QED) is 0.623. The topological polar surface area (TPSA) is 17.1 Å². The first-order valence-electron chi connectivity index (χ1n) is 4.62. The summed E-state index contributed by atoms with van der Waals surface area (Å²) in [4.78, 5) is 11.4. The third-order valence-corrected chi connectivity index (χ3v) is 2.72. The highest BCUT2D eigenvalue weighted by molar-refractivity contribution is 5.99. The summed E-state index contributed by atoms with van der Waals surface area (Å²) in [5, 5.41) is 0. The molecule has 1 nitrogen and oxygen atoms in total. The molecule has 1 aromatic carbocycles. The number of benzene rings is 1. The fraction of sp³-hybridized carbons (Fsp3) is 0.364. The highest BCUT2D eigenvalue weighted by Gasteiger charge is 2.28. The van der Waals surface area contributed by atoms with Crippen molar-refractivity contribution >= 4 is 5.78 Å². The standard InChI is InChI=1S/C11H10F2O/c1-6-2-5-9(14)11-8(13)4-3-7(12)10(6)11/h3-4,6H,2,5H2,1H3. The number of hydrogen-bond donors (Lipinski definition) is 0. The van der Waals surface area contributed by atoms with Gasteiger partial charge in [0.25, 0.3) is 0 Å². The molecule has 0 bridgehead atoms. The van der Waals surface area contributed by atoms with Crippen LogP contribution >= 0.6 is 0 Å². The fourth-order valence-electron chi connectivity index (χ4n) is 1.95. The number of hydrogen-bond acceptors (Lipinski definition) is 1. The van der Waals surface area contributed by atoms with Crippen molar-refractivity contribution in [2.45, 2.75) is 25.7 Å². The number of Topliss-reactive ketones (excluding diaryl/α,β-unsaturated/α-hetero) is 1. The summed E-state index contributed by atoms with van der Waals surface area (Å²) in [7, 11) is 0. The van der Waals surface area contributed by atoms with Crippen molar-refractivity contribution in [3.63, 3.8) is 0 Å². The molecule has 14 heavy (non-hydrogen) atoms. The molecule has 1 unspecified atom stereocenters. The molecule has 3 heteroatoms. The van der Waals surface area contributed by atoms with Crippen molar-refractivity contribution in [1.82, 2.24) is 0 Å². The van der Waals surface area contributed by atoms with Gasteiger partial charge in [0.2, 0.25) is 0 Å². The monoisotopic (exact) mass is 196 g/mol. The molecule has 0 aromatic heterocycles. The molecule has 0 spiro atoms. The van der Waals surface area contributed by atoms with Crippen LogP contribution in [0.15, 0.2) is 12.1 Å². The predicted octanol–water partition coefficient (Wildman–Crippen LogP) is 3.04. The van der Waals surface area contributed by atoms with Gasteiger partial charge >= 0.3 is 0 Å². The Balaban J connectivity index is 2.71. The smallest absolute Gasteiger partial charge is 0.166 e. The van der Waals surface area contributed by atoms with Gasteiger partial charge in [-0.05, 0) is 24.5 Å². The number of ketones is 1. The molecule has 1 atom stereocenters. The Morgan fingerprint density at radius 1 is 1.29 bits per heavy atom. The third kappa shape index (κ3) is 1.24. The normalized spacial score (nSPS) is 20.8. The molecule has 1 aromatic rings. The van der Waals surface area contributed by atoms with E-state index in [0.717, 1.165) is 12.1 Å². The lowest BCUT2D eigenvalue weighted by atomic mass is 9.82. The van der Waals surface area contributed by atoms with Gasteiger partial charge < -0.3 is 0 Å². The zero-order valence-corrected chi connectivity index (χ0v) is 7.81. The fourth-order valence-corrected chi connectivity index (χ4v) is 1.95. The SMILES string of the molecule is CC1CCC(=O)c2c(F)ccc(F)c21. The molecule has 0 heterocycles. The van der Waals surface area contributed by atoms with E-state index >= 15 is 0 Å². The maximum atomic E-state index is 13.4. The molecule has 1 aliphatic rings. The molecular weight excluding hydrogens is 186 g/mol. The summed E-state index contributed by atoms with van der Waals surface area (Å²) in [6.45, 7) is 1.81. The summed E-state index contributed by atoms with van der Waals surface area (Å²) < 4.78 is 26.6. The first-order chi connectivity index (χ1) is 6.61. The van der Waals surface area contributed by atoms with Gasteiger partial charge in [-0.15, -0.1) is 0 Å². The minimum absolute atomic E-state index is 0.0382. The zero-order valence-electron chi connectivity index (χ0n) is 7.81. The molecule has 74 valence electrons. The van der Waals surface area contributed by atoms with Gasteiger partial charge in [-0.3, -0.25) is 4.79 Å². The zero-order chi connectivity index (χ0) is 10.3. The Labute approximate surface area is 80.7 Å². The third-order valence-electron chi connectivity index (χ3n) is 2.72. The molecule has 0 radical (unpaired) electrons. The van der Waals surface area contributed by atoms with Crippen LogP contribution in [0.4, 0.5) is 8.78 Å². The molecule has 0 fully saturated rings. The number of carbonyl (C=O) groups excluding carboxylic acids is 1. The van der Waals surface area contributed by atoms with Crippen molar-refractivity contribution in [3.8, 4) is 0 Å². The van der Waals surface area contributed by atoms with E-state index in [0.29, 0.717) is 12.8 Å². The molecule has 0 amide bonds. The van der Waals surface area contributed by atoms with Gasteiger partial charge in [0.1, 0.15) is 11.6 Å². The number of halogens is 2. The van der Waals surface area contributed by atoms with E-state index in [4.69, 9.17) is 0 Å². The van der Waals surface area contributed by atoms with Gasteiger partial charge in [0, 0.05) is 12.0 Å². The van der Waals surface area contributed by atoms with Crippen molar-refractivity contribution in [1.29, 1.82) is 0 Å². The van der Waals surface area contributed by atoms with Gasteiger partial charge in [-0.25, -0.2) is 8.78 Å². The van der Waals surface area contributed by atoms with Crippen LogP contribution in [-0.2, 0) is 0 Å². The van der Waals surface area contributed by atoms with Crippen LogP contribution < -0.4 is 0 Å². The summed E-state index contributed by atoms with van der Waals surface area (Å²) in [5.74, 6) is -1.42. The second-order valence-corrected chi connectivity index (χ2v) is 3.68. The van der Waals surface area contributed by atoms with Crippen molar-refractivity contribution in [2.75, 3.05) is 0 Å². The Hall–Kier alpha value is -1.25. The second kappa shape index (κ2) is 3.15. The lowest BCUT2D eigenvalue weighted by Gasteiger charge is -2.21. The van der Waals surface area contributed by atoms with E-state index < -0.39 is 11.6 Å². The van der Waals surface area contributed by atoms with Crippen LogP contribution in [0.2, 0.25) is 0 Å². The minimum Gasteiger partial charge on any atom is -0.294 e. The largest absolute Gasteiger partial charge is 0.294 e. The molecular formula is C11H10F2O. The second-order valence-electron chi connectivity index (χ2n) is 3.68. The highest BCUT2D eigenvalue weighted by atomic mass is 19.1. The van der Waals surface area contributed by atoms with Crippen LogP contribution in [0, 0.1) is 11.6 Å². The summed E-state index contributed by atoms with van der Waals surface area (Å²) in [5.41, 5.74) is 0.213. The van der Waals surface area contributed by atoms with Crippen LogP contribution in [0.5, 0.6) is 0 Å². The van der Waals surface area contributed by atoms with Crippen LogP contribution in [0.25, 0.3) is 0 Å². The molecule has 2 rings (SSSR count). The number of carbonyl (C=O) groups is 1. The van der Waals surface area contributed by atoms with Gasteiger partial charge in [0.05, 0.1) is 5.56 Å². The van der Waals surface area contributed by atoms with Gasteiger partial charge in [-0.2, -0.15) is 0 Å². The highest BCUT2D eigenvalue weighted by Crippen LogP contribution is 2.34. The Morgan fingerprint density at radius 2 is 1.93 bits per heavy atom. The van der Waals surface area contributed by atoms with Gasteiger partial charge in [0.15, 0.2) is 5.78 Å². The summed E-state index contributed by atoms with van der Waals surface area (Å²) in [6.07, 6.45) is 0.917. The average molecular weight is 196 g/mol. The van der Waals surface area contributed by atoms with E-state index in [1.54, 1.807) is 0 Å². The van der Waals surface area contributed by atoms with Crippen LogP contribution in [-0.4, -0.2) is 5.78 Å². The summed E-state index contributed by atoms with van der Waals surface area (Å²) in [6, 6.07) is 2.10. The maximum Gasteiger partial charge on any atom is 0.166 e. The maximum absolute atomic E-state index is 13.4. The van der Waals surface area contributed by atoms with E-state index in [-0.39, 0.29) is 22.8 Å². The summed E-state index contributed by atoms with van der Waals surface area (Å²) >= 11 is 0. The lowest BCUT2D eigenvalue weighted by molar-refractivity contribution is 0.0962. The van der Waals surface area contributed by atoms with Crippen molar-refractivity contribution in [3.05, 3.63) is 34.9 Å². The van der Waals surface area contributed by atoms with Gasteiger partial charge in [-0.1, -0.05) is 6.92 Å². The Morgan fingerprint density at radius 3 is 2.57 bits per heavy atom. The lowest BCUT2D eigenvalue weighted by Crippen LogP contribution is -2.17. The Kier molecular flexibility index (Phi) is 2.10. The first-order valence-corrected chi connectivity index (χ1v) is 4.62. The molecule has 0 saturated carbocycles. The minimum atomic E-state index is -0.599. The van der Waals surface area contributed by atoms with E-state index in [1.165, 1.54) is 0 Å². The average Bonchev–Trinajstić information content (AvgIpc) is 2.16. The van der Waals surface area contributed by atoms with E-state index in [1.807, 2.05) is 6.92 Å². The predicted molar refractivity (Wildman–Crippen MR) is 48.3 cm³/mol. The van der Waals surface area contributed by atoms with Crippen molar-refractivity contribution < 1.29 is 13.6 Å². The molecule has 0 saturated heterocycles. The van der Waals surface area contributed by atoms with E-state index in [9.17, 15) is 13.6 Å². The molecule has 0 aliphatic heterocycles. The van der Waals surface area contributed by atoms with Crippen LogP contribution in [0.3, 0.4) is 0 Å². The van der Waals surface area contributed by atoms with E-state index in [2.05, 4.69) is 0 Å².